The van der Waals surface area contributed by atoms with Gasteiger partial charge in [0.1, 0.15) is 0 Å². The summed E-state index contributed by atoms with van der Waals surface area (Å²) in [4.78, 5) is 0. The van der Waals surface area contributed by atoms with Gasteiger partial charge in [-0.3, -0.25) is 0 Å². The number of benzene rings is 3. The Morgan fingerprint density at radius 2 is 1.03 bits per heavy atom. The zero-order chi connectivity index (χ0) is 21.7. The first-order valence-corrected chi connectivity index (χ1v) is 10.9. The Bertz CT molecular complexity index is 945. The molecule has 0 aliphatic rings. The normalized spacial score (nSPS) is 14.3. The summed E-state index contributed by atoms with van der Waals surface area (Å²) in [5, 5.41) is 0. The molecular weight excluding hydrogens is 366 g/mol. The third-order valence-electron chi connectivity index (χ3n) is 5.34. The minimum absolute atomic E-state index is 0.101. The third kappa shape index (κ3) is 5.57. The van der Waals surface area contributed by atoms with Crippen molar-refractivity contribution < 1.29 is 0 Å². The smallest absolute Gasteiger partial charge is 0.00511 e. The van der Waals surface area contributed by atoms with Crippen LogP contribution in [0.4, 0.5) is 0 Å². The van der Waals surface area contributed by atoms with Crippen LogP contribution in [0.25, 0.3) is 22.3 Å². The molecule has 3 atom stereocenters. The van der Waals surface area contributed by atoms with Crippen molar-refractivity contribution in [3.05, 3.63) is 83.4 Å². The molecule has 6 N–H and O–H groups in total. The molecule has 0 spiro atoms. The molecule has 0 saturated carbocycles. The Labute approximate surface area is 181 Å². The maximum Gasteiger partial charge on any atom is 0.00511 e. The summed E-state index contributed by atoms with van der Waals surface area (Å²) in [7, 11) is 0. The second-order valence-electron chi connectivity index (χ2n) is 8.73. The van der Waals surface area contributed by atoms with Gasteiger partial charge in [-0.15, -0.1) is 0 Å². The van der Waals surface area contributed by atoms with Crippen LogP contribution in [0.5, 0.6) is 0 Å². The molecule has 0 aliphatic heterocycles. The molecule has 3 rings (SSSR count). The summed E-state index contributed by atoms with van der Waals surface area (Å²) in [6, 6.07) is 24.2. The summed E-state index contributed by atoms with van der Waals surface area (Å²) in [6.45, 7) is 6.17. The fourth-order valence-electron chi connectivity index (χ4n) is 4.23. The molecule has 158 valence electrons. The predicted molar refractivity (Wildman–Crippen MR) is 129 cm³/mol. The molecule has 3 nitrogen and oxygen atoms in total. The minimum atomic E-state index is 0.101. The third-order valence-corrected chi connectivity index (χ3v) is 5.34. The van der Waals surface area contributed by atoms with Crippen molar-refractivity contribution >= 4 is 0 Å². The van der Waals surface area contributed by atoms with E-state index in [1.807, 2.05) is 0 Å². The summed E-state index contributed by atoms with van der Waals surface area (Å²) < 4.78 is 0. The van der Waals surface area contributed by atoms with Crippen molar-refractivity contribution in [2.24, 2.45) is 17.2 Å². The summed E-state index contributed by atoms with van der Waals surface area (Å²) in [6.07, 6.45) is 2.54. The first-order valence-electron chi connectivity index (χ1n) is 10.9. The molecule has 0 aliphatic carbocycles. The Morgan fingerprint density at radius 1 is 0.567 bits per heavy atom. The summed E-state index contributed by atoms with van der Waals surface area (Å²) in [5.74, 6) is 0. The fraction of sp³-hybridized carbons (Fsp3) is 0.333. The van der Waals surface area contributed by atoms with Gasteiger partial charge in [-0.1, -0.05) is 60.7 Å². The van der Waals surface area contributed by atoms with Crippen LogP contribution in [0.2, 0.25) is 0 Å². The standard InChI is InChI=1S/C27H35N3/c1-18(28)14-21-8-4-5-13-26(21)22-9-6-12-25(17-22)27-23(15-19(2)29)10-7-11-24(27)16-20(3)30/h4-13,17-20H,14-16,28-30H2,1-3H3. The zero-order valence-electron chi connectivity index (χ0n) is 18.4. The number of hydrogen-bond donors (Lipinski definition) is 3. The van der Waals surface area contributed by atoms with Crippen LogP contribution in [0.1, 0.15) is 37.5 Å². The van der Waals surface area contributed by atoms with E-state index in [-0.39, 0.29) is 18.1 Å². The zero-order valence-corrected chi connectivity index (χ0v) is 18.4. The molecule has 0 aromatic heterocycles. The lowest BCUT2D eigenvalue weighted by Gasteiger charge is -2.19. The van der Waals surface area contributed by atoms with Crippen molar-refractivity contribution in [2.75, 3.05) is 0 Å². The van der Waals surface area contributed by atoms with E-state index in [1.54, 1.807) is 0 Å². The van der Waals surface area contributed by atoms with Gasteiger partial charge < -0.3 is 17.2 Å². The van der Waals surface area contributed by atoms with E-state index in [0.29, 0.717) is 0 Å². The molecule has 3 aromatic rings. The van der Waals surface area contributed by atoms with Crippen molar-refractivity contribution in [1.82, 2.24) is 0 Å². The Kier molecular flexibility index (Phi) is 7.43. The van der Waals surface area contributed by atoms with Crippen molar-refractivity contribution in [1.29, 1.82) is 0 Å². The summed E-state index contributed by atoms with van der Waals surface area (Å²) >= 11 is 0. The Balaban J connectivity index is 2.13. The predicted octanol–water partition coefficient (Wildman–Crippen LogP) is 4.69. The lowest BCUT2D eigenvalue weighted by Crippen LogP contribution is -2.20. The topological polar surface area (TPSA) is 78.1 Å². The molecule has 0 fully saturated rings. The van der Waals surface area contributed by atoms with E-state index in [9.17, 15) is 0 Å². The Morgan fingerprint density at radius 3 is 1.63 bits per heavy atom. The fourth-order valence-corrected chi connectivity index (χ4v) is 4.23. The van der Waals surface area contributed by atoms with Gasteiger partial charge in [0.25, 0.3) is 0 Å². The van der Waals surface area contributed by atoms with Crippen LogP contribution < -0.4 is 17.2 Å². The minimum Gasteiger partial charge on any atom is -0.328 e. The van der Waals surface area contributed by atoms with Gasteiger partial charge in [0, 0.05) is 18.1 Å². The van der Waals surface area contributed by atoms with E-state index in [0.717, 1.165) is 19.3 Å². The maximum atomic E-state index is 6.17. The molecule has 0 bridgehead atoms. The molecule has 0 saturated heterocycles. The van der Waals surface area contributed by atoms with E-state index in [2.05, 4.69) is 87.5 Å². The van der Waals surface area contributed by atoms with Gasteiger partial charge in [0.2, 0.25) is 0 Å². The van der Waals surface area contributed by atoms with Crippen LogP contribution >= 0.6 is 0 Å². The van der Waals surface area contributed by atoms with Gasteiger partial charge in [-0.05, 0) is 85.0 Å². The van der Waals surface area contributed by atoms with Gasteiger partial charge in [0.15, 0.2) is 0 Å². The lowest BCUT2D eigenvalue weighted by atomic mass is 9.87. The van der Waals surface area contributed by atoms with Gasteiger partial charge in [-0.25, -0.2) is 0 Å². The van der Waals surface area contributed by atoms with Crippen molar-refractivity contribution in [3.63, 3.8) is 0 Å². The lowest BCUT2D eigenvalue weighted by molar-refractivity contribution is 0.726. The van der Waals surface area contributed by atoms with E-state index in [4.69, 9.17) is 17.2 Å². The number of rotatable bonds is 8. The molecule has 0 amide bonds. The molecular formula is C27H35N3. The summed E-state index contributed by atoms with van der Waals surface area (Å²) in [5.41, 5.74) is 27.2. The molecule has 0 heterocycles. The average molecular weight is 402 g/mol. The number of nitrogens with two attached hydrogens (primary N) is 3. The monoisotopic (exact) mass is 401 g/mol. The molecule has 0 radical (unpaired) electrons. The average Bonchev–Trinajstić information content (AvgIpc) is 2.67. The first kappa shape index (κ1) is 22.2. The second kappa shape index (κ2) is 10.0. The highest BCUT2D eigenvalue weighted by Crippen LogP contribution is 2.34. The van der Waals surface area contributed by atoms with Gasteiger partial charge >= 0.3 is 0 Å². The molecule has 3 heteroatoms. The quantitative estimate of drug-likeness (QED) is 0.512. The molecule has 3 aromatic carbocycles. The second-order valence-corrected chi connectivity index (χ2v) is 8.73. The highest BCUT2D eigenvalue weighted by atomic mass is 14.6. The van der Waals surface area contributed by atoms with Gasteiger partial charge in [0.05, 0.1) is 0 Å². The Hall–Kier alpha value is -2.46. The van der Waals surface area contributed by atoms with E-state index in [1.165, 1.54) is 38.9 Å². The van der Waals surface area contributed by atoms with Crippen LogP contribution in [-0.2, 0) is 19.3 Å². The van der Waals surface area contributed by atoms with E-state index < -0.39 is 0 Å². The highest BCUT2D eigenvalue weighted by Gasteiger charge is 2.15. The highest BCUT2D eigenvalue weighted by molar-refractivity contribution is 5.78. The molecule has 3 unspecified atom stereocenters. The van der Waals surface area contributed by atoms with Crippen LogP contribution in [0.3, 0.4) is 0 Å². The van der Waals surface area contributed by atoms with Crippen molar-refractivity contribution in [3.8, 4) is 22.3 Å². The van der Waals surface area contributed by atoms with Gasteiger partial charge in [-0.2, -0.15) is 0 Å². The van der Waals surface area contributed by atoms with Crippen LogP contribution in [-0.4, -0.2) is 18.1 Å². The largest absolute Gasteiger partial charge is 0.328 e. The van der Waals surface area contributed by atoms with Crippen LogP contribution in [0, 0.1) is 0 Å². The SMILES string of the molecule is CC(N)Cc1ccccc1-c1cccc(-c2c(CC(C)N)cccc2CC(C)N)c1. The van der Waals surface area contributed by atoms with Crippen molar-refractivity contribution in [2.45, 2.75) is 58.2 Å². The number of hydrogen-bond acceptors (Lipinski definition) is 3. The van der Waals surface area contributed by atoms with Crippen LogP contribution in [0.15, 0.2) is 66.7 Å². The van der Waals surface area contributed by atoms with E-state index >= 15 is 0 Å². The maximum absolute atomic E-state index is 6.17. The first-order chi connectivity index (χ1) is 14.3. The molecule has 30 heavy (non-hydrogen) atoms.